The molecular weight excluding hydrogens is 376 g/mol. The zero-order valence-corrected chi connectivity index (χ0v) is 15.9. The molecular formula is C19H18N6O2S. The first kappa shape index (κ1) is 17.9. The first-order valence-electron chi connectivity index (χ1n) is 8.74. The molecule has 142 valence electrons. The highest BCUT2D eigenvalue weighted by atomic mass is 32.1. The van der Waals surface area contributed by atoms with Gasteiger partial charge in [-0.05, 0) is 37.3 Å². The summed E-state index contributed by atoms with van der Waals surface area (Å²) in [6.45, 7) is 2.42. The molecule has 4 N–H and O–H groups in total. The molecule has 0 atom stereocenters. The van der Waals surface area contributed by atoms with Gasteiger partial charge in [0.25, 0.3) is 0 Å². The van der Waals surface area contributed by atoms with Crippen molar-refractivity contribution in [2.24, 2.45) is 0 Å². The number of aromatic nitrogens is 5. The maximum atomic E-state index is 12.4. The van der Waals surface area contributed by atoms with Crippen LogP contribution in [0.1, 0.15) is 12.0 Å². The van der Waals surface area contributed by atoms with E-state index >= 15 is 0 Å². The van der Waals surface area contributed by atoms with Crippen molar-refractivity contribution in [2.75, 3.05) is 5.32 Å². The summed E-state index contributed by atoms with van der Waals surface area (Å²) in [6.07, 6.45) is 0.231. The number of nitrogens with one attached hydrogen (secondary N) is 4. The van der Waals surface area contributed by atoms with E-state index in [1.54, 1.807) is 18.2 Å². The zero-order chi connectivity index (χ0) is 19.7. The molecule has 28 heavy (non-hydrogen) atoms. The highest BCUT2D eigenvalue weighted by Crippen LogP contribution is 2.19. The number of imidazole rings is 1. The lowest BCUT2D eigenvalue weighted by molar-refractivity contribution is -0.116. The van der Waals surface area contributed by atoms with Gasteiger partial charge in [0.15, 0.2) is 10.6 Å². The summed E-state index contributed by atoms with van der Waals surface area (Å²) in [5.74, 6) is 0.541. The molecule has 2 heterocycles. The molecule has 2 aromatic heterocycles. The van der Waals surface area contributed by atoms with Crippen molar-refractivity contribution < 1.29 is 4.79 Å². The van der Waals surface area contributed by atoms with Crippen LogP contribution in [0.2, 0.25) is 0 Å². The summed E-state index contributed by atoms with van der Waals surface area (Å²) >= 11 is 5.31. The predicted molar refractivity (Wildman–Crippen MR) is 110 cm³/mol. The predicted octanol–water partition coefficient (Wildman–Crippen LogP) is 3.11. The quantitative estimate of drug-likeness (QED) is 0.390. The van der Waals surface area contributed by atoms with Crippen LogP contribution in [-0.2, 0) is 11.3 Å². The zero-order valence-electron chi connectivity index (χ0n) is 15.1. The van der Waals surface area contributed by atoms with Crippen molar-refractivity contribution in [1.29, 1.82) is 0 Å². The minimum absolute atomic E-state index is 0.157. The number of H-pyrrole nitrogens is 3. The number of aromatic amines is 3. The Morgan fingerprint density at radius 3 is 2.68 bits per heavy atom. The molecule has 8 nitrogen and oxygen atoms in total. The molecule has 0 bridgehead atoms. The summed E-state index contributed by atoms with van der Waals surface area (Å²) in [5, 5.41) is 9.92. The van der Waals surface area contributed by atoms with E-state index in [2.05, 4.69) is 25.5 Å². The number of hydrogen-bond acceptors (Lipinski definition) is 4. The van der Waals surface area contributed by atoms with Gasteiger partial charge in [-0.2, -0.15) is 5.10 Å². The molecule has 0 saturated heterocycles. The van der Waals surface area contributed by atoms with Crippen LogP contribution in [0.5, 0.6) is 0 Å². The first-order chi connectivity index (χ1) is 13.5. The fourth-order valence-corrected chi connectivity index (χ4v) is 3.22. The molecule has 0 radical (unpaired) electrons. The number of benzene rings is 2. The van der Waals surface area contributed by atoms with Crippen LogP contribution >= 0.6 is 12.2 Å². The Labute approximate surface area is 164 Å². The Hall–Kier alpha value is -3.46. The number of amides is 1. The van der Waals surface area contributed by atoms with Crippen LogP contribution < -0.4 is 11.0 Å². The van der Waals surface area contributed by atoms with Crippen LogP contribution in [0.15, 0.2) is 47.3 Å². The number of nitrogens with zero attached hydrogens (tertiary/aromatic N) is 2. The van der Waals surface area contributed by atoms with Gasteiger partial charge in [-0.15, -0.1) is 0 Å². The Morgan fingerprint density at radius 1 is 1.14 bits per heavy atom. The third kappa shape index (κ3) is 3.65. The molecule has 2 aromatic carbocycles. The molecule has 0 spiro atoms. The number of anilines is 1. The van der Waals surface area contributed by atoms with E-state index in [0.717, 1.165) is 11.1 Å². The fourth-order valence-electron chi connectivity index (χ4n) is 3.00. The highest BCUT2D eigenvalue weighted by molar-refractivity contribution is 7.71. The van der Waals surface area contributed by atoms with Crippen molar-refractivity contribution in [1.82, 2.24) is 24.7 Å². The van der Waals surface area contributed by atoms with Gasteiger partial charge in [0.05, 0.1) is 11.0 Å². The van der Waals surface area contributed by atoms with Crippen LogP contribution in [0.3, 0.4) is 0 Å². The normalized spacial score (nSPS) is 11.0. The lowest BCUT2D eigenvalue weighted by Gasteiger charge is -2.08. The van der Waals surface area contributed by atoms with E-state index in [1.165, 1.54) is 0 Å². The van der Waals surface area contributed by atoms with E-state index < -0.39 is 0 Å². The average Bonchev–Trinajstić information content (AvgIpc) is 3.22. The number of aryl methyl sites for hydroxylation is 1. The summed E-state index contributed by atoms with van der Waals surface area (Å²) in [7, 11) is 0. The van der Waals surface area contributed by atoms with E-state index in [1.807, 2.05) is 35.8 Å². The molecule has 0 aliphatic rings. The largest absolute Gasteiger partial charge is 0.326 e. The summed E-state index contributed by atoms with van der Waals surface area (Å²) in [4.78, 5) is 29.1. The van der Waals surface area contributed by atoms with Crippen molar-refractivity contribution in [3.63, 3.8) is 0 Å². The van der Waals surface area contributed by atoms with Gasteiger partial charge in [0, 0.05) is 24.2 Å². The molecule has 0 unspecified atom stereocenters. The fraction of sp³-hybridized carbons (Fsp3) is 0.158. The van der Waals surface area contributed by atoms with Crippen molar-refractivity contribution in [3.05, 3.63) is 63.3 Å². The molecule has 0 aliphatic carbocycles. The summed E-state index contributed by atoms with van der Waals surface area (Å²) < 4.78 is 2.28. The average molecular weight is 394 g/mol. The van der Waals surface area contributed by atoms with Gasteiger partial charge in [0.1, 0.15) is 0 Å². The number of fused-ring (bicyclic) bond motifs is 1. The summed E-state index contributed by atoms with van der Waals surface area (Å²) in [6, 6.07) is 13.2. The SMILES string of the molecule is Cc1ccc(-c2n[nH]c(=S)n2CCC(=O)Nc2ccc3[nH]c(=O)[nH]c3c2)cc1. The monoisotopic (exact) mass is 394 g/mol. The van der Waals surface area contributed by atoms with Crippen LogP contribution in [0.25, 0.3) is 22.4 Å². The summed E-state index contributed by atoms with van der Waals surface area (Å²) in [5.41, 5.74) is 3.75. The number of carbonyl (C=O) groups is 1. The van der Waals surface area contributed by atoms with Gasteiger partial charge in [-0.3, -0.25) is 14.5 Å². The maximum Gasteiger partial charge on any atom is 0.323 e. The lowest BCUT2D eigenvalue weighted by Crippen LogP contribution is -2.15. The standard InChI is InChI=1S/C19H18N6O2S/c1-11-2-4-12(5-3-11)17-23-24-19(28)25(17)9-8-16(26)20-13-6-7-14-15(10-13)22-18(27)21-14/h2-7,10H,8-9H2,1H3,(H,20,26)(H,24,28)(H2,21,22,27). The van der Waals surface area contributed by atoms with Gasteiger partial charge in [-0.25, -0.2) is 4.79 Å². The molecule has 4 aromatic rings. The second-order valence-corrected chi connectivity index (χ2v) is 6.89. The lowest BCUT2D eigenvalue weighted by atomic mass is 10.1. The topological polar surface area (TPSA) is 111 Å². The Kier molecular flexibility index (Phi) is 4.66. The molecule has 1 amide bonds. The minimum atomic E-state index is -0.281. The first-order valence-corrected chi connectivity index (χ1v) is 9.14. The van der Waals surface area contributed by atoms with E-state index in [9.17, 15) is 9.59 Å². The van der Waals surface area contributed by atoms with E-state index in [0.29, 0.717) is 33.9 Å². The minimum Gasteiger partial charge on any atom is -0.326 e. The van der Waals surface area contributed by atoms with Crippen molar-refractivity contribution in [3.8, 4) is 11.4 Å². The number of rotatable bonds is 5. The van der Waals surface area contributed by atoms with Gasteiger partial charge in [-0.1, -0.05) is 29.8 Å². The van der Waals surface area contributed by atoms with Crippen LogP contribution in [-0.4, -0.2) is 30.6 Å². The van der Waals surface area contributed by atoms with Gasteiger partial charge < -0.3 is 15.3 Å². The van der Waals surface area contributed by atoms with E-state index in [-0.39, 0.29) is 18.0 Å². The third-order valence-electron chi connectivity index (χ3n) is 4.43. The maximum absolute atomic E-state index is 12.4. The smallest absolute Gasteiger partial charge is 0.323 e. The number of carbonyl (C=O) groups excluding carboxylic acids is 1. The second-order valence-electron chi connectivity index (χ2n) is 6.51. The molecule has 4 rings (SSSR count). The van der Waals surface area contributed by atoms with Crippen molar-refractivity contribution in [2.45, 2.75) is 19.9 Å². The third-order valence-corrected chi connectivity index (χ3v) is 4.74. The Bertz CT molecular complexity index is 1260. The Morgan fingerprint density at radius 2 is 1.89 bits per heavy atom. The van der Waals surface area contributed by atoms with Crippen molar-refractivity contribution >= 4 is 34.8 Å². The highest BCUT2D eigenvalue weighted by Gasteiger charge is 2.11. The van der Waals surface area contributed by atoms with E-state index in [4.69, 9.17) is 12.2 Å². The second kappa shape index (κ2) is 7.28. The Balaban J connectivity index is 1.47. The van der Waals surface area contributed by atoms with Gasteiger partial charge >= 0.3 is 5.69 Å². The molecule has 0 saturated carbocycles. The van der Waals surface area contributed by atoms with Crippen LogP contribution in [0, 0.1) is 11.7 Å². The molecule has 0 aliphatic heterocycles. The number of hydrogen-bond donors (Lipinski definition) is 4. The molecule has 9 heteroatoms. The van der Waals surface area contributed by atoms with Crippen LogP contribution in [0.4, 0.5) is 5.69 Å². The molecule has 0 fully saturated rings. The van der Waals surface area contributed by atoms with Gasteiger partial charge in [0.2, 0.25) is 5.91 Å².